The lowest BCUT2D eigenvalue weighted by Gasteiger charge is -2.05. The monoisotopic (exact) mass is 214 g/mol. The minimum atomic E-state index is -0.0825. The summed E-state index contributed by atoms with van der Waals surface area (Å²) in [6, 6.07) is -0.0825. The Morgan fingerprint density at radius 3 is 2.71 bits per heavy atom. The molecule has 0 amide bonds. The number of aryl methyl sites for hydroxylation is 2. The Labute approximate surface area is 86.6 Å². The molecule has 0 fully saturated rings. The van der Waals surface area contributed by atoms with Crippen LogP contribution in [-0.4, -0.2) is 16.2 Å². The highest BCUT2D eigenvalue weighted by Crippen LogP contribution is 2.26. The molecule has 1 aromatic heterocycles. The zero-order chi connectivity index (χ0) is 10.7. The largest absolute Gasteiger partial charge is 0.368 e. The highest BCUT2D eigenvalue weighted by molar-refractivity contribution is 7.11. The van der Waals surface area contributed by atoms with Gasteiger partial charge in [-0.1, -0.05) is 0 Å². The second-order valence-electron chi connectivity index (χ2n) is 2.98. The van der Waals surface area contributed by atoms with Crippen LogP contribution in [0.1, 0.15) is 28.5 Å². The summed E-state index contributed by atoms with van der Waals surface area (Å²) >= 11 is 1.59. The van der Waals surface area contributed by atoms with Gasteiger partial charge in [0.25, 0.3) is 0 Å². The summed E-state index contributed by atoms with van der Waals surface area (Å²) in [6.45, 7) is 5.79. The van der Waals surface area contributed by atoms with Crippen LogP contribution in [0.25, 0.3) is 0 Å². The van der Waals surface area contributed by atoms with Gasteiger partial charge in [0.2, 0.25) is 5.96 Å². The number of hydroxylamine groups is 1. The normalized spacial score (nSPS) is 14.1. The van der Waals surface area contributed by atoms with Crippen LogP contribution < -0.4 is 11.2 Å². The summed E-state index contributed by atoms with van der Waals surface area (Å²) in [4.78, 5) is 9.40. The number of nitrogens with two attached hydrogens (primary N) is 1. The van der Waals surface area contributed by atoms with Crippen molar-refractivity contribution < 1.29 is 5.21 Å². The van der Waals surface area contributed by atoms with Crippen LogP contribution in [0, 0.1) is 13.8 Å². The van der Waals surface area contributed by atoms with E-state index in [1.807, 2.05) is 20.8 Å². The van der Waals surface area contributed by atoms with Gasteiger partial charge in [-0.2, -0.15) is 0 Å². The standard InChI is InChI=1S/C8H14N4OS/c1-4-7(14-6(3)10-4)5(2)11-8(9)12-13/h5,13H,1-3H3,(H3,9,11,12). The Bertz CT molecular complexity index is 347. The lowest BCUT2D eigenvalue weighted by Crippen LogP contribution is -2.28. The lowest BCUT2D eigenvalue weighted by atomic mass is 10.2. The number of hydrogen-bond acceptors (Lipinski definition) is 4. The van der Waals surface area contributed by atoms with Gasteiger partial charge in [0.15, 0.2) is 0 Å². The molecule has 78 valence electrons. The van der Waals surface area contributed by atoms with Gasteiger partial charge in [0.1, 0.15) is 0 Å². The van der Waals surface area contributed by atoms with Crippen LogP contribution in [0.4, 0.5) is 0 Å². The molecule has 0 saturated carbocycles. The molecule has 4 N–H and O–H groups in total. The van der Waals surface area contributed by atoms with Crippen molar-refractivity contribution in [1.29, 1.82) is 0 Å². The summed E-state index contributed by atoms with van der Waals surface area (Å²) < 4.78 is 0. The fourth-order valence-electron chi connectivity index (χ4n) is 1.23. The molecule has 0 bridgehead atoms. The van der Waals surface area contributed by atoms with E-state index in [1.54, 1.807) is 16.8 Å². The van der Waals surface area contributed by atoms with Gasteiger partial charge in [0.05, 0.1) is 21.6 Å². The van der Waals surface area contributed by atoms with Crippen LogP contribution in [0.2, 0.25) is 0 Å². The Hall–Kier alpha value is -1.14. The minimum absolute atomic E-state index is 0.0166. The van der Waals surface area contributed by atoms with Gasteiger partial charge in [-0.3, -0.25) is 5.21 Å². The number of aliphatic imine (C=N–C) groups is 1. The number of aromatic nitrogens is 1. The van der Waals surface area contributed by atoms with Crippen molar-refractivity contribution in [1.82, 2.24) is 10.5 Å². The van der Waals surface area contributed by atoms with Crippen LogP contribution >= 0.6 is 11.3 Å². The predicted molar refractivity (Wildman–Crippen MR) is 56.5 cm³/mol. The van der Waals surface area contributed by atoms with E-state index in [9.17, 15) is 0 Å². The maximum atomic E-state index is 8.49. The zero-order valence-corrected chi connectivity index (χ0v) is 9.22. The fourth-order valence-corrected chi connectivity index (χ4v) is 2.15. The molecular formula is C8H14N4OS. The summed E-state index contributed by atoms with van der Waals surface area (Å²) in [5.41, 5.74) is 8.11. The smallest absolute Gasteiger partial charge is 0.213 e. The summed E-state index contributed by atoms with van der Waals surface area (Å²) in [7, 11) is 0. The molecule has 0 radical (unpaired) electrons. The molecule has 1 heterocycles. The van der Waals surface area contributed by atoms with E-state index in [-0.39, 0.29) is 12.0 Å². The van der Waals surface area contributed by atoms with E-state index in [2.05, 4.69) is 9.98 Å². The average molecular weight is 214 g/mol. The van der Waals surface area contributed by atoms with E-state index >= 15 is 0 Å². The highest BCUT2D eigenvalue weighted by atomic mass is 32.1. The van der Waals surface area contributed by atoms with Crippen LogP contribution in [0.15, 0.2) is 4.99 Å². The zero-order valence-electron chi connectivity index (χ0n) is 8.40. The Morgan fingerprint density at radius 2 is 2.29 bits per heavy atom. The number of nitrogens with one attached hydrogen (secondary N) is 1. The van der Waals surface area contributed by atoms with Crippen molar-refractivity contribution in [3.8, 4) is 0 Å². The van der Waals surface area contributed by atoms with Gasteiger partial charge in [-0.05, 0) is 20.8 Å². The SMILES string of the molecule is Cc1nc(C)c(C(C)N=C(N)NO)s1. The van der Waals surface area contributed by atoms with E-state index in [1.165, 1.54) is 0 Å². The maximum Gasteiger partial charge on any atom is 0.213 e. The van der Waals surface area contributed by atoms with Crippen molar-refractivity contribution in [2.75, 3.05) is 0 Å². The highest BCUT2D eigenvalue weighted by Gasteiger charge is 2.11. The predicted octanol–water partition coefficient (Wildman–Crippen LogP) is 1.11. The number of rotatable bonds is 2. The molecule has 0 saturated heterocycles. The third kappa shape index (κ3) is 2.43. The molecule has 1 atom stereocenters. The lowest BCUT2D eigenvalue weighted by molar-refractivity contribution is 0.232. The Kier molecular flexibility index (Phi) is 3.43. The van der Waals surface area contributed by atoms with Crippen LogP contribution in [0.3, 0.4) is 0 Å². The van der Waals surface area contributed by atoms with Crippen molar-refractivity contribution >= 4 is 17.3 Å². The average Bonchev–Trinajstić information content (AvgIpc) is 2.45. The van der Waals surface area contributed by atoms with Crippen molar-refractivity contribution in [2.45, 2.75) is 26.8 Å². The second-order valence-corrected chi connectivity index (χ2v) is 4.22. The number of guanidine groups is 1. The minimum Gasteiger partial charge on any atom is -0.368 e. The first-order valence-corrected chi connectivity index (χ1v) is 5.03. The van der Waals surface area contributed by atoms with Gasteiger partial charge < -0.3 is 5.73 Å². The molecule has 14 heavy (non-hydrogen) atoms. The van der Waals surface area contributed by atoms with E-state index < -0.39 is 0 Å². The molecule has 1 aromatic rings. The molecular weight excluding hydrogens is 200 g/mol. The third-order valence-electron chi connectivity index (χ3n) is 1.77. The number of thiazole rings is 1. The molecule has 0 aliphatic rings. The van der Waals surface area contributed by atoms with Gasteiger partial charge in [-0.15, -0.1) is 11.3 Å². The first-order chi connectivity index (χ1) is 6.54. The molecule has 1 rings (SSSR count). The van der Waals surface area contributed by atoms with Crippen LogP contribution in [-0.2, 0) is 0 Å². The number of nitrogens with zero attached hydrogens (tertiary/aromatic N) is 2. The van der Waals surface area contributed by atoms with Gasteiger partial charge in [0, 0.05) is 0 Å². The summed E-state index contributed by atoms with van der Waals surface area (Å²) in [6.07, 6.45) is 0. The molecule has 0 aromatic carbocycles. The molecule has 0 aliphatic heterocycles. The molecule has 1 unspecified atom stereocenters. The number of hydrogen-bond donors (Lipinski definition) is 3. The van der Waals surface area contributed by atoms with Gasteiger partial charge in [-0.25, -0.2) is 15.5 Å². The van der Waals surface area contributed by atoms with E-state index in [0.717, 1.165) is 15.6 Å². The topological polar surface area (TPSA) is 83.5 Å². The molecule has 5 nitrogen and oxygen atoms in total. The summed E-state index contributed by atoms with van der Waals surface area (Å²) in [5.74, 6) is 0.0166. The van der Waals surface area contributed by atoms with Crippen molar-refractivity contribution in [3.05, 3.63) is 15.6 Å². The fraction of sp³-hybridized carbons (Fsp3) is 0.500. The molecule has 0 aliphatic carbocycles. The van der Waals surface area contributed by atoms with E-state index in [0.29, 0.717) is 0 Å². The molecule has 6 heteroatoms. The summed E-state index contributed by atoms with van der Waals surface area (Å²) in [5, 5.41) is 9.50. The quantitative estimate of drug-likeness (QED) is 0.391. The van der Waals surface area contributed by atoms with Crippen molar-refractivity contribution in [2.24, 2.45) is 10.7 Å². The maximum absolute atomic E-state index is 8.49. The second kappa shape index (κ2) is 4.39. The first-order valence-electron chi connectivity index (χ1n) is 4.22. The Morgan fingerprint density at radius 1 is 1.64 bits per heavy atom. The third-order valence-corrected chi connectivity index (χ3v) is 3.01. The van der Waals surface area contributed by atoms with Crippen LogP contribution in [0.5, 0.6) is 0 Å². The van der Waals surface area contributed by atoms with Crippen molar-refractivity contribution in [3.63, 3.8) is 0 Å². The van der Waals surface area contributed by atoms with Gasteiger partial charge >= 0.3 is 0 Å². The Balaban J connectivity index is 2.89. The first kappa shape index (κ1) is 10.9. The van der Waals surface area contributed by atoms with E-state index in [4.69, 9.17) is 10.9 Å². The molecule has 0 spiro atoms.